The summed E-state index contributed by atoms with van der Waals surface area (Å²) < 4.78 is 28.9. The van der Waals surface area contributed by atoms with Crippen molar-refractivity contribution in [1.82, 2.24) is 19.3 Å². The van der Waals surface area contributed by atoms with Gasteiger partial charge >= 0.3 is 5.69 Å². The molecule has 110 valence electrons. The molecular formula is C12H9BrF2N4OS. The maximum Gasteiger partial charge on any atom is 0.335 e. The van der Waals surface area contributed by atoms with Crippen LogP contribution in [0.5, 0.6) is 0 Å². The van der Waals surface area contributed by atoms with Crippen LogP contribution in [0, 0.1) is 0 Å². The van der Waals surface area contributed by atoms with Crippen LogP contribution in [0.3, 0.4) is 0 Å². The third-order valence-electron chi connectivity index (χ3n) is 3.02. The number of rotatable bonds is 3. The molecule has 0 fully saturated rings. The van der Waals surface area contributed by atoms with Crippen molar-refractivity contribution in [2.45, 2.75) is 19.9 Å². The molecule has 2 heterocycles. The average Bonchev–Trinajstić information content (AvgIpc) is 3.01. The zero-order chi connectivity index (χ0) is 15.1. The minimum absolute atomic E-state index is 0.144. The van der Waals surface area contributed by atoms with E-state index in [1.54, 1.807) is 16.7 Å². The summed E-state index contributed by atoms with van der Waals surface area (Å²) in [7, 11) is 0. The summed E-state index contributed by atoms with van der Waals surface area (Å²) in [5.74, 6) is 0. The number of fused-ring (bicyclic) bond motifs is 1. The highest BCUT2D eigenvalue weighted by molar-refractivity contribution is 9.10. The first-order valence-corrected chi connectivity index (χ1v) is 7.67. The predicted octanol–water partition coefficient (Wildman–Crippen LogP) is 3.36. The molecule has 9 heteroatoms. The lowest BCUT2D eigenvalue weighted by Gasteiger charge is -1.99. The summed E-state index contributed by atoms with van der Waals surface area (Å²) in [5, 5.41) is 6.90. The number of aromatic nitrogens is 4. The SMILES string of the molecule is CCn1c(=O)n(-c2nnc(C(F)F)s2)c2cccc(Br)c21. The molecule has 3 aromatic rings. The van der Waals surface area contributed by atoms with Crippen LogP contribution >= 0.6 is 27.3 Å². The fourth-order valence-electron chi connectivity index (χ4n) is 2.15. The van der Waals surface area contributed by atoms with E-state index in [0.717, 1.165) is 4.47 Å². The molecule has 0 aliphatic heterocycles. The van der Waals surface area contributed by atoms with Crippen molar-refractivity contribution in [3.05, 3.63) is 38.2 Å². The molecule has 2 aromatic heterocycles. The van der Waals surface area contributed by atoms with Crippen LogP contribution in [0.2, 0.25) is 0 Å². The summed E-state index contributed by atoms with van der Waals surface area (Å²) in [6.07, 6.45) is -2.70. The first-order valence-electron chi connectivity index (χ1n) is 6.06. The summed E-state index contributed by atoms with van der Waals surface area (Å²) in [5.41, 5.74) is 0.989. The maximum absolute atomic E-state index is 12.7. The van der Waals surface area contributed by atoms with E-state index in [2.05, 4.69) is 26.1 Å². The second-order valence-corrected chi connectivity index (χ2v) is 6.04. The fourth-order valence-corrected chi connectivity index (χ4v) is 3.43. The molecular weight excluding hydrogens is 366 g/mol. The molecule has 0 bridgehead atoms. The number of nitrogens with zero attached hydrogens (tertiary/aromatic N) is 4. The number of para-hydroxylation sites is 1. The molecule has 1 aromatic carbocycles. The predicted molar refractivity (Wildman–Crippen MR) is 79.3 cm³/mol. The van der Waals surface area contributed by atoms with Crippen LogP contribution in [-0.2, 0) is 6.54 Å². The zero-order valence-corrected chi connectivity index (χ0v) is 13.2. The number of hydrogen-bond acceptors (Lipinski definition) is 4. The van der Waals surface area contributed by atoms with E-state index in [4.69, 9.17) is 0 Å². The third kappa shape index (κ3) is 2.20. The van der Waals surface area contributed by atoms with Crippen LogP contribution in [0.15, 0.2) is 27.5 Å². The number of imidazole rings is 1. The largest absolute Gasteiger partial charge is 0.335 e. The van der Waals surface area contributed by atoms with Gasteiger partial charge in [-0.05, 0) is 35.0 Å². The van der Waals surface area contributed by atoms with E-state index in [-0.39, 0.29) is 10.8 Å². The van der Waals surface area contributed by atoms with Crippen molar-refractivity contribution in [2.24, 2.45) is 0 Å². The number of alkyl halides is 2. The Morgan fingerprint density at radius 2 is 2.14 bits per heavy atom. The van der Waals surface area contributed by atoms with Crippen LogP contribution < -0.4 is 5.69 Å². The molecule has 3 rings (SSSR count). The van der Waals surface area contributed by atoms with E-state index in [1.807, 2.05) is 13.0 Å². The quantitative estimate of drug-likeness (QED) is 0.706. The standard InChI is InChI=1S/C12H9BrF2N4OS/c1-2-18-8-6(13)4-3-5-7(8)19(12(18)20)11-17-16-10(21-11)9(14)15/h3-5,9H,2H2,1H3. The van der Waals surface area contributed by atoms with E-state index < -0.39 is 11.4 Å². The summed E-state index contributed by atoms with van der Waals surface area (Å²) >= 11 is 4.13. The molecule has 0 saturated carbocycles. The zero-order valence-electron chi connectivity index (χ0n) is 10.8. The minimum Gasteiger partial charge on any atom is -0.291 e. The van der Waals surface area contributed by atoms with Crippen LogP contribution in [0.4, 0.5) is 8.78 Å². The van der Waals surface area contributed by atoms with Gasteiger partial charge in [0, 0.05) is 11.0 Å². The molecule has 0 aliphatic carbocycles. The Bertz CT molecular complexity index is 870. The van der Waals surface area contributed by atoms with Gasteiger partial charge in [-0.15, -0.1) is 10.2 Å². The van der Waals surface area contributed by atoms with Gasteiger partial charge in [0.15, 0.2) is 5.01 Å². The second kappa shape index (κ2) is 5.30. The Morgan fingerprint density at radius 3 is 2.76 bits per heavy atom. The molecule has 0 aliphatic rings. The van der Waals surface area contributed by atoms with Crippen LogP contribution in [0.25, 0.3) is 16.2 Å². The number of benzene rings is 1. The van der Waals surface area contributed by atoms with Crippen molar-refractivity contribution in [2.75, 3.05) is 0 Å². The van der Waals surface area contributed by atoms with E-state index in [9.17, 15) is 13.6 Å². The summed E-state index contributed by atoms with van der Waals surface area (Å²) in [4.78, 5) is 12.5. The molecule has 0 saturated heterocycles. The normalized spacial score (nSPS) is 11.7. The van der Waals surface area contributed by atoms with Crippen molar-refractivity contribution < 1.29 is 8.78 Å². The first kappa shape index (κ1) is 14.3. The Balaban J connectivity index is 2.34. The van der Waals surface area contributed by atoms with Gasteiger partial charge < -0.3 is 0 Å². The highest BCUT2D eigenvalue weighted by Crippen LogP contribution is 2.28. The fraction of sp³-hybridized carbons (Fsp3) is 0.250. The number of halogens is 3. The van der Waals surface area contributed by atoms with Gasteiger partial charge in [0.05, 0.1) is 11.0 Å². The van der Waals surface area contributed by atoms with E-state index in [1.165, 1.54) is 4.57 Å². The van der Waals surface area contributed by atoms with Gasteiger partial charge in [0.1, 0.15) is 0 Å². The lowest BCUT2D eigenvalue weighted by atomic mass is 10.3. The molecule has 5 nitrogen and oxygen atoms in total. The summed E-state index contributed by atoms with van der Waals surface area (Å²) in [6, 6.07) is 5.34. The molecule has 0 atom stereocenters. The van der Waals surface area contributed by atoms with E-state index >= 15 is 0 Å². The first-order chi connectivity index (χ1) is 10.0. The Hall–Kier alpha value is -1.61. The van der Waals surface area contributed by atoms with Crippen molar-refractivity contribution in [1.29, 1.82) is 0 Å². The molecule has 0 N–H and O–H groups in total. The number of hydrogen-bond donors (Lipinski definition) is 0. The molecule has 0 unspecified atom stereocenters. The highest BCUT2D eigenvalue weighted by Gasteiger charge is 2.20. The van der Waals surface area contributed by atoms with Gasteiger partial charge in [-0.2, -0.15) is 0 Å². The van der Waals surface area contributed by atoms with Gasteiger partial charge in [-0.1, -0.05) is 17.4 Å². The highest BCUT2D eigenvalue weighted by atomic mass is 79.9. The monoisotopic (exact) mass is 374 g/mol. The van der Waals surface area contributed by atoms with Gasteiger partial charge in [-0.3, -0.25) is 4.57 Å². The Morgan fingerprint density at radius 1 is 1.38 bits per heavy atom. The van der Waals surface area contributed by atoms with E-state index in [0.29, 0.717) is 28.9 Å². The second-order valence-electron chi connectivity index (χ2n) is 4.19. The van der Waals surface area contributed by atoms with Crippen LogP contribution in [0.1, 0.15) is 18.4 Å². The Kier molecular flexibility index (Phi) is 3.62. The van der Waals surface area contributed by atoms with Gasteiger partial charge in [0.25, 0.3) is 6.43 Å². The van der Waals surface area contributed by atoms with Crippen molar-refractivity contribution in [3.8, 4) is 5.13 Å². The topological polar surface area (TPSA) is 52.7 Å². The van der Waals surface area contributed by atoms with Crippen LogP contribution in [-0.4, -0.2) is 19.3 Å². The molecule has 0 amide bonds. The lowest BCUT2D eigenvalue weighted by Crippen LogP contribution is -2.22. The van der Waals surface area contributed by atoms with Gasteiger partial charge in [-0.25, -0.2) is 18.1 Å². The molecule has 0 spiro atoms. The maximum atomic E-state index is 12.7. The molecule has 21 heavy (non-hydrogen) atoms. The minimum atomic E-state index is -2.70. The summed E-state index contributed by atoms with van der Waals surface area (Å²) in [6.45, 7) is 2.31. The average molecular weight is 375 g/mol. The lowest BCUT2D eigenvalue weighted by molar-refractivity contribution is 0.150. The van der Waals surface area contributed by atoms with Crippen molar-refractivity contribution in [3.63, 3.8) is 0 Å². The third-order valence-corrected chi connectivity index (χ3v) is 4.58. The molecule has 0 radical (unpaired) electrons. The van der Waals surface area contributed by atoms with Gasteiger partial charge in [0.2, 0.25) is 5.13 Å². The smallest absolute Gasteiger partial charge is 0.291 e. The number of aryl methyl sites for hydroxylation is 1. The Labute approximate surface area is 130 Å². The van der Waals surface area contributed by atoms with Crippen molar-refractivity contribution >= 4 is 38.3 Å².